The summed E-state index contributed by atoms with van der Waals surface area (Å²) in [7, 11) is 2.83. The minimum Gasteiger partial charge on any atom is -0.137 e. The predicted molar refractivity (Wildman–Crippen MR) is 79.7 cm³/mol. The van der Waals surface area contributed by atoms with Crippen LogP contribution in [0, 0.1) is 0 Å². The highest BCUT2D eigenvalue weighted by Crippen LogP contribution is 2.28. The molecule has 0 amide bonds. The fourth-order valence-corrected chi connectivity index (χ4v) is 2.81. The molecule has 1 heteroatoms. The van der Waals surface area contributed by atoms with Crippen molar-refractivity contribution in [2.24, 2.45) is 0 Å². The highest BCUT2D eigenvalue weighted by Gasteiger charge is 2.05. The maximum Gasteiger partial charge on any atom is -0.0145 e. The lowest BCUT2D eigenvalue weighted by Crippen LogP contribution is -1.90. The smallest absolute Gasteiger partial charge is 0.0145 e. The van der Waals surface area contributed by atoms with Gasteiger partial charge in [-0.1, -0.05) is 48.5 Å². The van der Waals surface area contributed by atoms with E-state index in [0.29, 0.717) is 0 Å². The van der Waals surface area contributed by atoms with Crippen LogP contribution in [-0.2, 0) is 6.42 Å². The van der Waals surface area contributed by atoms with Gasteiger partial charge in [-0.15, -0.1) is 9.24 Å². The molecule has 0 spiro atoms. The van der Waals surface area contributed by atoms with Crippen molar-refractivity contribution in [2.45, 2.75) is 6.42 Å². The van der Waals surface area contributed by atoms with E-state index in [1.165, 1.54) is 27.1 Å². The fourth-order valence-electron chi connectivity index (χ4n) is 2.52. The summed E-state index contributed by atoms with van der Waals surface area (Å²) in [6, 6.07) is 19.6. The van der Waals surface area contributed by atoms with Crippen molar-refractivity contribution in [3.05, 3.63) is 60.2 Å². The summed E-state index contributed by atoms with van der Waals surface area (Å²) in [5.74, 6) is 0. The Bertz CT molecular complexity index is 616. The first kappa shape index (κ1) is 10.7. The SMILES string of the molecule is PCCc1c2ccccc2cc2ccccc12. The zero-order valence-electron chi connectivity index (χ0n) is 9.69. The first-order chi connectivity index (χ1) is 8.40. The summed E-state index contributed by atoms with van der Waals surface area (Å²) >= 11 is 0. The Kier molecular flexibility index (Phi) is 2.82. The van der Waals surface area contributed by atoms with Crippen molar-refractivity contribution < 1.29 is 0 Å². The van der Waals surface area contributed by atoms with Gasteiger partial charge in [0, 0.05) is 0 Å². The maximum absolute atomic E-state index is 2.83. The van der Waals surface area contributed by atoms with Crippen LogP contribution in [0.25, 0.3) is 21.5 Å². The molecule has 1 atom stereocenters. The van der Waals surface area contributed by atoms with Gasteiger partial charge in [-0.3, -0.25) is 0 Å². The molecule has 0 aliphatic rings. The molecule has 0 fully saturated rings. The number of hydrogen-bond acceptors (Lipinski definition) is 0. The maximum atomic E-state index is 2.83. The Morgan fingerprint density at radius 3 is 1.82 bits per heavy atom. The molecule has 0 aliphatic heterocycles. The second kappa shape index (κ2) is 4.47. The predicted octanol–water partition coefficient (Wildman–Crippen LogP) is 4.41. The molecule has 3 rings (SSSR count). The van der Waals surface area contributed by atoms with Crippen molar-refractivity contribution in [1.29, 1.82) is 0 Å². The third kappa shape index (κ3) is 1.83. The largest absolute Gasteiger partial charge is 0.137 e. The van der Waals surface area contributed by atoms with Gasteiger partial charge in [0.25, 0.3) is 0 Å². The number of fused-ring (bicyclic) bond motifs is 2. The van der Waals surface area contributed by atoms with E-state index in [1.807, 2.05) is 0 Å². The molecule has 3 aromatic carbocycles. The summed E-state index contributed by atoms with van der Waals surface area (Å²) in [6.07, 6.45) is 2.23. The van der Waals surface area contributed by atoms with E-state index in [-0.39, 0.29) is 0 Å². The molecule has 84 valence electrons. The molecule has 0 radical (unpaired) electrons. The molecule has 0 heterocycles. The molecule has 0 saturated heterocycles. The second-order valence-corrected chi connectivity index (χ2v) is 4.91. The van der Waals surface area contributed by atoms with E-state index in [1.54, 1.807) is 0 Å². The van der Waals surface area contributed by atoms with Gasteiger partial charge in [0.2, 0.25) is 0 Å². The highest BCUT2D eigenvalue weighted by molar-refractivity contribution is 7.16. The van der Waals surface area contributed by atoms with Crippen molar-refractivity contribution in [1.82, 2.24) is 0 Å². The number of aryl methyl sites for hydroxylation is 1. The van der Waals surface area contributed by atoms with Crippen LogP contribution in [0.5, 0.6) is 0 Å². The van der Waals surface area contributed by atoms with Crippen LogP contribution in [0.15, 0.2) is 54.6 Å². The molecular formula is C16H15P. The number of hydrogen-bond donors (Lipinski definition) is 0. The lowest BCUT2D eigenvalue weighted by atomic mass is 9.95. The van der Waals surface area contributed by atoms with E-state index in [4.69, 9.17) is 0 Å². The first-order valence-corrected chi connectivity index (χ1v) is 6.81. The Morgan fingerprint density at radius 1 is 0.765 bits per heavy atom. The van der Waals surface area contributed by atoms with Gasteiger partial charge in [-0.25, -0.2) is 0 Å². The third-order valence-corrected chi connectivity index (χ3v) is 3.57. The number of rotatable bonds is 2. The summed E-state index contributed by atoms with van der Waals surface area (Å²) in [5, 5.41) is 5.49. The van der Waals surface area contributed by atoms with Gasteiger partial charge in [0.05, 0.1) is 0 Å². The molecule has 3 aromatic rings. The zero-order valence-corrected chi connectivity index (χ0v) is 10.8. The van der Waals surface area contributed by atoms with Crippen LogP contribution < -0.4 is 0 Å². The average molecular weight is 238 g/mol. The van der Waals surface area contributed by atoms with Gasteiger partial charge in [-0.05, 0) is 45.8 Å². The first-order valence-electron chi connectivity index (χ1n) is 5.99. The fraction of sp³-hybridized carbons (Fsp3) is 0.125. The van der Waals surface area contributed by atoms with Crippen molar-refractivity contribution >= 4 is 30.8 Å². The van der Waals surface area contributed by atoms with Gasteiger partial charge in [-0.2, -0.15) is 0 Å². The molecule has 0 aromatic heterocycles. The van der Waals surface area contributed by atoms with Gasteiger partial charge in [0.1, 0.15) is 0 Å². The van der Waals surface area contributed by atoms with Crippen molar-refractivity contribution in [3.63, 3.8) is 0 Å². The minimum absolute atomic E-state index is 1.11. The number of benzene rings is 3. The van der Waals surface area contributed by atoms with E-state index in [9.17, 15) is 0 Å². The Balaban J connectivity index is 2.47. The molecule has 0 aliphatic carbocycles. The van der Waals surface area contributed by atoms with Crippen LogP contribution >= 0.6 is 9.24 Å². The van der Waals surface area contributed by atoms with Gasteiger partial charge >= 0.3 is 0 Å². The molecule has 0 saturated carbocycles. The Labute approximate surface area is 104 Å². The molecule has 1 unspecified atom stereocenters. The molecule has 0 bridgehead atoms. The summed E-state index contributed by atoms with van der Waals surface area (Å²) < 4.78 is 0. The Morgan fingerprint density at radius 2 is 1.29 bits per heavy atom. The van der Waals surface area contributed by atoms with Crippen molar-refractivity contribution in [3.8, 4) is 0 Å². The average Bonchev–Trinajstić information content (AvgIpc) is 2.39. The molecule has 0 nitrogen and oxygen atoms in total. The van der Waals surface area contributed by atoms with Crippen LogP contribution in [0.3, 0.4) is 0 Å². The summed E-state index contributed by atoms with van der Waals surface area (Å²) in [5.41, 5.74) is 1.48. The topological polar surface area (TPSA) is 0 Å². The highest BCUT2D eigenvalue weighted by atomic mass is 31.0. The van der Waals surface area contributed by atoms with Gasteiger partial charge in [0.15, 0.2) is 0 Å². The third-order valence-electron chi connectivity index (χ3n) is 3.28. The van der Waals surface area contributed by atoms with Crippen LogP contribution in [-0.4, -0.2) is 6.16 Å². The van der Waals surface area contributed by atoms with Crippen LogP contribution in [0.4, 0.5) is 0 Å². The van der Waals surface area contributed by atoms with Gasteiger partial charge < -0.3 is 0 Å². The normalized spacial score (nSPS) is 11.1. The quantitative estimate of drug-likeness (QED) is 0.458. The zero-order chi connectivity index (χ0) is 11.7. The monoisotopic (exact) mass is 238 g/mol. The second-order valence-electron chi connectivity index (χ2n) is 4.34. The summed E-state index contributed by atoms with van der Waals surface area (Å²) in [6.45, 7) is 0. The van der Waals surface area contributed by atoms with Crippen LogP contribution in [0.1, 0.15) is 5.56 Å². The van der Waals surface area contributed by atoms with E-state index >= 15 is 0 Å². The Hall–Kier alpha value is -1.39. The lowest BCUT2D eigenvalue weighted by Gasteiger charge is -2.10. The van der Waals surface area contributed by atoms with Crippen molar-refractivity contribution in [2.75, 3.05) is 6.16 Å². The van der Waals surface area contributed by atoms with E-state index < -0.39 is 0 Å². The van der Waals surface area contributed by atoms with E-state index in [0.717, 1.165) is 12.6 Å². The molecule has 0 N–H and O–H groups in total. The van der Waals surface area contributed by atoms with E-state index in [2.05, 4.69) is 63.8 Å². The van der Waals surface area contributed by atoms with Crippen LogP contribution in [0.2, 0.25) is 0 Å². The lowest BCUT2D eigenvalue weighted by molar-refractivity contribution is 1.20. The summed E-state index contributed by atoms with van der Waals surface area (Å²) in [4.78, 5) is 0. The molecular weight excluding hydrogens is 223 g/mol. The molecule has 17 heavy (non-hydrogen) atoms. The minimum atomic E-state index is 1.11. The standard InChI is InChI=1S/C16H15P/c17-10-9-16-14-7-3-1-5-12(14)11-13-6-2-4-8-15(13)16/h1-8,11H,9-10,17H2.